The van der Waals surface area contributed by atoms with E-state index >= 15 is 0 Å². The largest absolute Gasteiger partial charge is 0.511 e. The lowest BCUT2D eigenvalue weighted by Crippen LogP contribution is -2.53. The highest BCUT2D eigenvalue weighted by molar-refractivity contribution is 7.90. The van der Waals surface area contributed by atoms with E-state index in [1.807, 2.05) is 30.3 Å². The number of anilines is 1. The Morgan fingerprint density at radius 1 is 1.08 bits per heavy atom. The monoisotopic (exact) mass is 541 g/mol. The molecule has 2 saturated carbocycles. The van der Waals surface area contributed by atoms with Crippen LogP contribution in [0.2, 0.25) is 0 Å². The third-order valence-corrected chi connectivity index (χ3v) is 10.1. The van der Waals surface area contributed by atoms with E-state index in [2.05, 4.69) is 9.71 Å². The lowest BCUT2D eigenvalue weighted by Gasteiger charge is -2.44. The molecule has 2 aliphatic carbocycles. The Kier molecular flexibility index (Phi) is 5.50. The maximum absolute atomic E-state index is 13.9. The molecule has 37 heavy (non-hydrogen) atoms. The van der Waals surface area contributed by atoms with Crippen molar-refractivity contribution < 1.29 is 26.7 Å². The van der Waals surface area contributed by atoms with Crippen LogP contribution in [0.15, 0.2) is 69.2 Å². The van der Waals surface area contributed by atoms with E-state index in [0.29, 0.717) is 18.0 Å². The van der Waals surface area contributed by atoms with Gasteiger partial charge in [-0.3, -0.25) is 4.79 Å². The maximum Gasteiger partial charge on any atom is 0.286 e. The third kappa shape index (κ3) is 4.14. The molecule has 0 saturated heterocycles. The first-order valence-electron chi connectivity index (χ1n) is 12.2. The second kappa shape index (κ2) is 8.42. The van der Waals surface area contributed by atoms with Crippen LogP contribution in [0.25, 0.3) is 0 Å². The van der Waals surface area contributed by atoms with Crippen LogP contribution in [0.3, 0.4) is 0 Å². The van der Waals surface area contributed by atoms with Crippen molar-refractivity contribution in [1.29, 1.82) is 0 Å². The van der Waals surface area contributed by atoms with Gasteiger partial charge in [-0.2, -0.15) is 8.42 Å². The summed E-state index contributed by atoms with van der Waals surface area (Å²) in [5, 5.41) is 14.3. The molecule has 0 aromatic heterocycles. The third-order valence-electron chi connectivity index (χ3n) is 7.93. The molecule has 194 valence electrons. The fraction of sp³-hybridized carbons (Fsp3) is 0.385. The molecule has 0 spiro atoms. The number of hydrogen-bond acceptors (Lipinski definition) is 7. The Bertz CT molecular complexity index is 1580. The van der Waals surface area contributed by atoms with E-state index in [1.54, 1.807) is 4.90 Å². The van der Waals surface area contributed by atoms with E-state index in [1.165, 1.54) is 18.2 Å². The minimum absolute atomic E-state index is 0.0925. The van der Waals surface area contributed by atoms with Gasteiger partial charge in [0.25, 0.3) is 15.9 Å². The number of nitrogens with one attached hydrogen (secondary N) is 1. The first-order valence-corrected chi connectivity index (χ1v) is 15.7. The average molecular weight is 542 g/mol. The van der Waals surface area contributed by atoms with Gasteiger partial charge in [0, 0.05) is 24.8 Å². The summed E-state index contributed by atoms with van der Waals surface area (Å²) in [5.41, 5.74) is 1.34. The number of carbonyl (C=O) groups is 1. The van der Waals surface area contributed by atoms with Crippen molar-refractivity contribution >= 4 is 37.3 Å². The summed E-state index contributed by atoms with van der Waals surface area (Å²) in [7, 11) is -7.63. The first kappa shape index (κ1) is 24.2. The predicted octanol–water partition coefficient (Wildman–Crippen LogP) is 3.01. The fourth-order valence-corrected chi connectivity index (χ4v) is 8.49. The van der Waals surface area contributed by atoms with Crippen molar-refractivity contribution in [1.82, 2.24) is 4.90 Å². The molecule has 2 heterocycles. The second-order valence-electron chi connectivity index (χ2n) is 10.5. The molecule has 0 radical (unpaired) electrons. The first-order chi connectivity index (χ1) is 17.5. The lowest BCUT2D eigenvalue weighted by molar-refractivity contribution is -0.134. The summed E-state index contributed by atoms with van der Waals surface area (Å²) in [6.45, 7) is 0.353. The van der Waals surface area contributed by atoms with Gasteiger partial charge in [-0.05, 0) is 54.4 Å². The summed E-state index contributed by atoms with van der Waals surface area (Å²) in [6.07, 6.45) is 3.96. The molecule has 4 aliphatic rings. The molecular weight excluding hydrogens is 514 g/mol. The quantitative estimate of drug-likeness (QED) is 0.594. The number of hydrogen-bond donors (Lipinski definition) is 2. The average Bonchev–Trinajstić information content (AvgIpc) is 3.44. The number of carbonyl (C=O) groups excluding carboxylic acids is 1. The van der Waals surface area contributed by atoms with Crippen LogP contribution < -0.4 is 5.32 Å². The van der Waals surface area contributed by atoms with Crippen molar-refractivity contribution in [3.05, 3.63) is 71.0 Å². The van der Waals surface area contributed by atoms with Crippen molar-refractivity contribution in [2.45, 2.75) is 42.5 Å². The van der Waals surface area contributed by atoms with Crippen LogP contribution >= 0.6 is 0 Å². The maximum atomic E-state index is 13.9. The molecule has 6 rings (SSSR count). The number of sulfone groups is 1. The van der Waals surface area contributed by atoms with Gasteiger partial charge in [-0.1, -0.05) is 36.4 Å². The molecule has 9 nitrogen and oxygen atoms in total. The Hall–Kier alpha value is -3.18. The molecule has 2 aromatic carbocycles. The van der Waals surface area contributed by atoms with Crippen LogP contribution in [0, 0.1) is 17.8 Å². The lowest BCUT2D eigenvalue weighted by atomic mass is 9.77. The highest BCUT2D eigenvalue weighted by atomic mass is 32.2. The van der Waals surface area contributed by atoms with Crippen LogP contribution in [0.4, 0.5) is 5.69 Å². The van der Waals surface area contributed by atoms with Crippen LogP contribution in [0.1, 0.15) is 30.4 Å². The molecule has 2 aliphatic heterocycles. The van der Waals surface area contributed by atoms with Gasteiger partial charge >= 0.3 is 0 Å². The fourth-order valence-electron chi connectivity index (χ4n) is 6.53. The number of fused-ring (bicyclic) bond motifs is 6. The van der Waals surface area contributed by atoms with Crippen molar-refractivity contribution in [2.75, 3.05) is 11.6 Å². The van der Waals surface area contributed by atoms with Gasteiger partial charge in [0.15, 0.2) is 15.7 Å². The number of sulfonamides is 1. The number of rotatable bonds is 5. The van der Waals surface area contributed by atoms with Gasteiger partial charge in [0.05, 0.1) is 11.4 Å². The SMILES string of the molecule is CS(=O)(=O)Cc1ccc2c(c1)S(=O)(=O)N=C(C1=C(O)[C@@H]3[C@@H]4CC[C@@H](C4)[C@@H]3N(Cc3ccccc3)C1=O)N2. The topological polar surface area (TPSA) is 133 Å². The zero-order chi connectivity index (χ0) is 26.1. The second-order valence-corrected chi connectivity index (χ2v) is 14.2. The van der Waals surface area contributed by atoms with Crippen LogP contribution in [-0.2, 0) is 37.0 Å². The van der Waals surface area contributed by atoms with Gasteiger partial charge < -0.3 is 15.3 Å². The summed E-state index contributed by atoms with van der Waals surface area (Å²) < 4.78 is 53.7. The van der Waals surface area contributed by atoms with Gasteiger partial charge in [0.1, 0.15) is 16.2 Å². The zero-order valence-corrected chi connectivity index (χ0v) is 21.8. The van der Waals surface area contributed by atoms with Gasteiger partial charge in [0.2, 0.25) is 0 Å². The standard InChI is InChI=1S/C26H27N3O6S2/c1-36(32,33)14-16-7-10-19-20(11-16)37(34,35)28-25(27-19)22-24(30)21-17-8-9-18(12-17)23(21)29(26(22)31)13-15-5-3-2-4-6-15/h2-7,10-11,17-18,21,23,30H,8-9,12-14H2,1H3,(H,27,28)/t17-,18+,21-,23+/m1/s1. The summed E-state index contributed by atoms with van der Waals surface area (Å²) >= 11 is 0. The molecule has 2 aromatic rings. The molecule has 1 amide bonds. The Morgan fingerprint density at radius 3 is 2.54 bits per heavy atom. The number of amides is 1. The van der Waals surface area contributed by atoms with Gasteiger partial charge in [-0.15, -0.1) is 4.40 Å². The number of aliphatic hydroxyl groups excluding tert-OH is 1. The summed E-state index contributed by atoms with van der Waals surface area (Å²) in [6, 6.07) is 13.7. The molecular formula is C26H27N3O6S2. The minimum atomic E-state index is -4.26. The van der Waals surface area contributed by atoms with Gasteiger partial charge in [-0.25, -0.2) is 8.42 Å². The molecule has 11 heteroatoms. The summed E-state index contributed by atoms with van der Waals surface area (Å²) in [5.74, 6) is -0.796. The Morgan fingerprint density at radius 2 is 1.81 bits per heavy atom. The number of amidine groups is 1. The summed E-state index contributed by atoms with van der Waals surface area (Å²) in [4.78, 5) is 15.5. The van der Waals surface area contributed by atoms with Crippen LogP contribution in [-0.4, -0.2) is 50.9 Å². The molecule has 4 atom stereocenters. The number of aliphatic hydroxyl groups is 1. The van der Waals surface area contributed by atoms with Crippen molar-refractivity contribution in [3.8, 4) is 0 Å². The van der Waals surface area contributed by atoms with E-state index in [0.717, 1.165) is 31.1 Å². The van der Waals surface area contributed by atoms with Crippen LogP contribution in [0.5, 0.6) is 0 Å². The Labute approximate surface area is 215 Å². The zero-order valence-electron chi connectivity index (χ0n) is 20.2. The molecule has 0 unspecified atom stereocenters. The van der Waals surface area contributed by atoms with Crippen molar-refractivity contribution in [2.24, 2.45) is 22.2 Å². The minimum Gasteiger partial charge on any atom is -0.511 e. The van der Waals surface area contributed by atoms with E-state index in [4.69, 9.17) is 0 Å². The molecule has 2 N–H and O–H groups in total. The highest BCUT2D eigenvalue weighted by Crippen LogP contribution is 2.55. The Balaban J connectivity index is 1.42. The normalized spacial score (nSPS) is 28.0. The smallest absolute Gasteiger partial charge is 0.286 e. The predicted molar refractivity (Wildman–Crippen MR) is 138 cm³/mol. The van der Waals surface area contributed by atoms with Crippen molar-refractivity contribution in [3.63, 3.8) is 0 Å². The number of benzene rings is 2. The van der Waals surface area contributed by atoms with E-state index in [-0.39, 0.29) is 51.4 Å². The van der Waals surface area contributed by atoms with E-state index in [9.17, 15) is 26.7 Å². The molecule has 2 fully saturated rings. The number of nitrogens with zero attached hydrogens (tertiary/aromatic N) is 2. The highest BCUT2D eigenvalue weighted by Gasteiger charge is 2.57. The molecule has 2 bridgehead atoms. The van der Waals surface area contributed by atoms with E-state index < -0.39 is 25.8 Å².